The summed E-state index contributed by atoms with van der Waals surface area (Å²) in [5.41, 5.74) is 3.40. The highest BCUT2D eigenvalue weighted by Gasteiger charge is 2.09. The summed E-state index contributed by atoms with van der Waals surface area (Å²) in [6.07, 6.45) is 2.71. The standard InChI is InChI=1S/C13H15N3O2/c1-3-5-11(17)15-16-12-10(6-4-7-14-12)8-9(2)13(16)18/h4,6-8H,3,5H2,1-2H3,(H,15,17). The molecule has 18 heavy (non-hydrogen) atoms. The molecule has 0 aliphatic heterocycles. The number of aryl methyl sites for hydroxylation is 1. The second kappa shape index (κ2) is 5.00. The molecule has 0 atom stereocenters. The van der Waals surface area contributed by atoms with Gasteiger partial charge in [0, 0.05) is 23.6 Å². The van der Waals surface area contributed by atoms with Gasteiger partial charge >= 0.3 is 0 Å². The van der Waals surface area contributed by atoms with E-state index in [0.717, 1.165) is 11.8 Å². The molecule has 1 amide bonds. The van der Waals surface area contributed by atoms with Crippen LogP contribution in [0.5, 0.6) is 0 Å². The van der Waals surface area contributed by atoms with Crippen molar-refractivity contribution in [3.63, 3.8) is 0 Å². The highest BCUT2D eigenvalue weighted by Crippen LogP contribution is 2.09. The number of aromatic nitrogens is 2. The highest BCUT2D eigenvalue weighted by molar-refractivity contribution is 5.86. The van der Waals surface area contributed by atoms with Crippen molar-refractivity contribution in [1.29, 1.82) is 0 Å². The van der Waals surface area contributed by atoms with Crippen LogP contribution >= 0.6 is 0 Å². The van der Waals surface area contributed by atoms with Crippen LogP contribution in [0.25, 0.3) is 11.0 Å². The van der Waals surface area contributed by atoms with Gasteiger partial charge in [-0.15, -0.1) is 0 Å². The fourth-order valence-corrected chi connectivity index (χ4v) is 1.79. The lowest BCUT2D eigenvalue weighted by atomic mass is 10.2. The van der Waals surface area contributed by atoms with Crippen LogP contribution < -0.4 is 11.0 Å². The summed E-state index contributed by atoms with van der Waals surface area (Å²) in [4.78, 5) is 27.8. The first-order valence-corrected chi connectivity index (χ1v) is 5.90. The normalized spacial score (nSPS) is 10.6. The summed E-state index contributed by atoms with van der Waals surface area (Å²) in [6, 6.07) is 5.43. The maximum absolute atomic E-state index is 12.0. The van der Waals surface area contributed by atoms with Gasteiger partial charge in [0.15, 0.2) is 5.65 Å². The number of rotatable bonds is 3. The topological polar surface area (TPSA) is 64.0 Å². The first-order valence-electron chi connectivity index (χ1n) is 5.90. The fourth-order valence-electron chi connectivity index (χ4n) is 1.79. The van der Waals surface area contributed by atoms with E-state index in [4.69, 9.17) is 0 Å². The lowest BCUT2D eigenvalue weighted by Crippen LogP contribution is -2.34. The lowest BCUT2D eigenvalue weighted by Gasteiger charge is -2.11. The molecule has 0 radical (unpaired) electrons. The third-order valence-electron chi connectivity index (χ3n) is 2.65. The Labute approximate surface area is 104 Å². The maximum atomic E-state index is 12.0. The number of hydrogen-bond donors (Lipinski definition) is 1. The van der Waals surface area contributed by atoms with E-state index in [1.807, 2.05) is 13.0 Å². The third-order valence-corrected chi connectivity index (χ3v) is 2.65. The maximum Gasteiger partial charge on any atom is 0.274 e. The van der Waals surface area contributed by atoms with Crippen molar-refractivity contribution >= 4 is 16.9 Å². The van der Waals surface area contributed by atoms with Crippen LogP contribution in [0.1, 0.15) is 25.3 Å². The van der Waals surface area contributed by atoms with Gasteiger partial charge in [0.05, 0.1) is 0 Å². The molecule has 2 aromatic rings. The van der Waals surface area contributed by atoms with Crippen molar-refractivity contribution in [1.82, 2.24) is 9.66 Å². The second-order valence-electron chi connectivity index (χ2n) is 4.17. The third kappa shape index (κ3) is 2.25. The molecule has 5 nitrogen and oxygen atoms in total. The first kappa shape index (κ1) is 12.3. The van der Waals surface area contributed by atoms with Crippen molar-refractivity contribution in [2.75, 3.05) is 5.43 Å². The minimum atomic E-state index is -0.245. The van der Waals surface area contributed by atoms with Crippen LogP contribution in [-0.2, 0) is 4.79 Å². The molecular formula is C13H15N3O2. The van der Waals surface area contributed by atoms with Gasteiger partial charge in [-0.05, 0) is 31.5 Å². The molecule has 0 unspecified atom stereocenters. The summed E-state index contributed by atoms with van der Waals surface area (Å²) in [6.45, 7) is 3.63. The highest BCUT2D eigenvalue weighted by atomic mass is 16.2. The molecule has 5 heteroatoms. The van der Waals surface area contributed by atoms with Crippen LogP contribution in [-0.4, -0.2) is 15.6 Å². The molecule has 0 aliphatic rings. The minimum absolute atomic E-state index is 0.183. The Hall–Kier alpha value is -2.17. The molecule has 0 fully saturated rings. The molecule has 94 valence electrons. The van der Waals surface area contributed by atoms with Gasteiger partial charge in [-0.25, -0.2) is 4.98 Å². The molecule has 2 heterocycles. The van der Waals surface area contributed by atoms with E-state index in [2.05, 4.69) is 10.4 Å². The summed E-state index contributed by atoms with van der Waals surface area (Å²) < 4.78 is 1.22. The van der Waals surface area contributed by atoms with E-state index in [-0.39, 0.29) is 11.5 Å². The smallest absolute Gasteiger partial charge is 0.273 e. The lowest BCUT2D eigenvalue weighted by molar-refractivity contribution is -0.117. The van der Waals surface area contributed by atoms with Crippen LogP contribution in [0.15, 0.2) is 29.2 Å². The van der Waals surface area contributed by atoms with E-state index in [0.29, 0.717) is 17.6 Å². The Morgan fingerprint density at radius 2 is 2.28 bits per heavy atom. The largest absolute Gasteiger partial charge is 0.274 e. The summed E-state index contributed by atoms with van der Waals surface area (Å²) in [7, 11) is 0. The Morgan fingerprint density at radius 1 is 1.50 bits per heavy atom. The molecule has 0 bridgehead atoms. The molecular weight excluding hydrogens is 230 g/mol. The number of nitrogens with one attached hydrogen (secondary N) is 1. The number of amides is 1. The van der Waals surface area contributed by atoms with Crippen LogP contribution in [0.3, 0.4) is 0 Å². The summed E-state index contributed by atoms with van der Waals surface area (Å²) in [5, 5.41) is 0.825. The molecule has 0 saturated carbocycles. The van der Waals surface area contributed by atoms with Gasteiger partial charge in [0.2, 0.25) is 5.91 Å². The molecule has 2 rings (SSSR count). The number of fused-ring (bicyclic) bond motifs is 1. The van der Waals surface area contributed by atoms with Crippen molar-refractivity contribution in [3.05, 3.63) is 40.3 Å². The fraction of sp³-hybridized carbons (Fsp3) is 0.308. The number of hydrogen-bond acceptors (Lipinski definition) is 3. The molecule has 2 aromatic heterocycles. The molecule has 0 aromatic carbocycles. The summed E-state index contributed by atoms with van der Waals surface area (Å²) in [5.74, 6) is -0.183. The van der Waals surface area contributed by atoms with E-state index < -0.39 is 0 Å². The van der Waals surface area contributed by atoms with Crippen molar-refractivity contribution < 1.29 is 4.79 Å². The number of nitrogens with zero attached hydrogens (tertiary/aromatic N) is 2. The Kier molecular flexibility index (Phi) is 3.41. The molecule has 0 aliphatic carbocycles. The number of pyridine rings is 2. The second-order valence-corrected chi connectivity index (χ2v) is 4.17. The van der Waals surface area contributed by atoms with E-state index in [1.165, 1.54) is 4.68 Å². The van der Waals surface area contributed by atoms with Gasteiger partial charge in [-0.3, -0.25) is 15.0 Å². The SMILES string of the molecule is CCCC(=O)Nn1c(=O)c(C)cc2cccnc21. The van der Waals surface area contributed by atoms with Crippen molar-refractivity contribution in [2.24, 2.45) is 0 Å². The number of carbonyl (C=O) groups excluding carboxylic acids is 1. The average Bonchev–Trinajstić information content (AvgIpc) is 2.35. The van der Waals surface area contributed by atoms with Crippen LogP contribution in [0.4, 0.5) is 0 Å². The first-order chi connectivity index (χ1) is 8.63. The predicted molar refractivity (Wildman–Crippen MR) is 70.0 cm³/mol. The quantitative estimate of drug-likeness (QED) is 0.892. The van der Waals surface area contributed by atoms with Crippen LogP contribution in [0, 0.1) is 6.92 Å². The van der Waals surface area contributed by atoms with E-state index in [9.17, 15) is 9.59 Å². The zero-order valence-electron chi connectivity index (χ0n) is 10.4. The molecule has 1 N–H and O–H groups in total. The number of carbonyl (C=O) groups is 1. The van der Waals surface area contributed by atoms with Gasteiger partial charge in [-0.1, -0.05) is 6.92 Å². The van der Waals surface area contributed by atoms with Gasteiger partial charge in [0.25, 0.3) is 5.56 Å². The summed E-state index contributed by atoms with van der Waals surface area (Å²) >= 11 is 0. The molecule has 0 saturated heterocycles. The van der Waals surface area contributed by atoms with Gasteiger partial charge in [0.1, 0.15) is 0 Å². The Bertz CT molecular complexity index is 646. The van der Waals surface area contributed by atoms with Crippen molar-refractivity contribution in [2.45, 2.75) is 26.7 Å². The Morgan fingerprint density at radius 3 is 3.00 bits per heavy atom. The van der Waals surface area contributed by atoms with Gasteiger partial charge < -0.3 is 0 Å². The monoisotopic (exact) mass is 245 g/mol. The molecule has 0 spiro atoms. The predicted octanol–water partition coefficient (Wildman–Crippen LogP) is 1.58. The van der Waals surface area contributed by atoms with Crippen molar-refractivity contribution in [3.8, 4) is 0 Å². The van der Waals surface area contributed by atoms with Gasteiger partial charge in [-0.2, -0.15) is 4.68 Å². The Balaban J connectivity index is 2.57. The zero-order chi connectivity index (χ0) is 13.1. The zero-order valence-corrected chi connectivity index (χ0v) is 10.4. The average molecular weight is 245 g/mol. The minimum Gasteiger partial charge on any atom is -0.273 e. The van der Waals surface area contributed by atoms with E-state index in [1.54, 1.807) is 25.3 Å². The van der Waals surface area contributed by atoms with E-state index >= 15 is 0 Å². The van der Waals surface area contributed by atoms with Crippen LogP contribution in [0.2, 0.25) is 0 Å².